The zero-order valence-corrected chi connectivity index (χ0v) is 31.0. The van der Waals surface area contributed by atoms with E-state index in [4.69, 9.17) is 24.8 Å². The predicted octanol–water partition coefficient (Wildman–Crippen LogP) is 8.95. The summed E-state index contributed by atoms with van der Waals surface area (Å²) in [5.41, 5.74) is 5.30. The molecule has 48 heavy (non-hydrogen) atoms. The fraction of sp³-hybridized carbons (Fsp3) is 0.861. The topological polar surface area (TPSA) is 172 Å². The van der Waals surface area contributed by atoms with E-state index in [0.717, 1.165) is 57.8 Å². The number of carbonyl (C=O) groups excluding carboxylic acids is 2. The third-order valence-electron chi connectivity index (χ3n) is 8.01. The summed E-state index contributed by atoms with van der Waals surface area (Å²) in [6.07, 6.45) is 28.6. The first-order valence-electron chi connectivity index (χ1n) is 18.7. The van der Waals surface area contributed by atoms with Gasteiger partial charge in [0.15, 0.2) is 6.10 Å². The van der Waals surface area contributed by atoms with Gasteiger partial charge in [-0.15, -0.1) is 0 Å². The number of ether oxygens (including phenoxy) is 2. The molecule has 0 saturated heterocycles. The van der Waals surface area contributed by atoms with Crippen molar-refractivity contribution >= 4 is 25.7 Å². The van der Waals surface area contributed by atoms with Gasteiger partial charge in [0.05, 0.1) is 13.2 Å². The number of aliphatic carboxylic acids is 1. The highest BCUT2D eigenvalue weighted by atomic mass is 31.2. The number of hydrogen-bond donors (Lipinski definition) is 3. The van der Waals surface area contributed by atoms with Gasteiger partial charge in [0.1, 0.15) is 12.6 Å². The number of carboxylic acids is 1. The van der Waals surface area contributed by atoms with E-state index in [9.17, 15) is 23.8 Å². The summed E-state index contributed by atoms with van der Waals surface area (Å²) in [5, 5.41) is 8.84. The van der Waals surface area contributed by atoms with Gasteiger partial charge in [0.2, 0.25) is 0 Å². The third-order valence-corrected chi connectivity index (χ3v) is 8.96. The summed E-state index contributed by atoms with van der Waals surface area (Å²) in [6.45, 7) is 2.74. The summed E-state index contributed by atoms with van der Waals surface area (Å²) in [5.74, 6) is -2.39. The molecule has 12 heteroatoms. The summed E-state index contributed by atoms with van der Waals surface area (Å²) >= 11 is 0. The average molecular weight is 706 g/mol. The number of nitrogens with two attached hydrogens (primary N) is 1. The lowest BCUT2D eigenvalue weighted by Crippen LogP contribution is -2.34. The quantitative estimate of drug-likeness (QED) is 0.0249. The molecule has 0 spiro atoms. The minimum atomic E-state index is -4.70. The molecule has 0 aliphatic heterocycles. The molecule has 4 N–H and O–H groups in total. The van der Waals surface area contributed by atoms with E-state index >= 15 is 0 Å². The van der Waals surface area contributed by atoms with Crippen LogP contribution in [0.2, 0.25) is 0 Å². The number of carbonyl (C=O) groups is 3. The van der Waals surface area contributed by atoms with Gasteiger partial charge in [-0.1, -0.05) is 129 Å². The number of rotatable bonds is 35. The van der Waals surface area contributed by atoms with E-state index in [1.54, 1.807) is 0 Å². The number of allylic oxidation sites excluding steroid dienone is 2. The molecule has 0 aliphatic carbocycles. The fourth-order valence-corrected chi connectivity index (χ4v) is 5.78. The molecule has 0 radical (unpaired) electrons. The molecule has 0 heterocycles. The Labute approximate surface area is 290 Å². The van der Waals surface area contributed by atoms with E-state index in [1.165, 1.54) is 70.6 Å². The van der Waals surface area contributed by atoms with Crippen LogP contribution in [0.5, 0.6) is 0 Å². The van der Waals surface area contributed by atoms with Gasteiger partial charge >= 0.3 is 25.7 Å². The summed E-state index contributed by atoms with van der Waals surface area (Å²) in [7, 11) is -4.70. The van der Waals surface area contributed by atoms with E-state index in [1.807, 2.05) is 0 Å². The monoisotopic (exact) mass is 705 g/mol. The first kappa shape index (κ1) is 46.2. The number of carboxylic acid groups (broad SMARTS) is 1. The molecular weight excluding hydrogens is 637 g/mol. The van der Waals surface area contributed by atoms with Crippen LogP contribution in [0.15, 0.2) is 12.2 Å². The number of phosphoric ester groups is 1. The summed E-state index contributed by atoms with van der Waals surface area (Å²) < 4.78 is 32.5. The largest absolute Gasteiger partial charge is 0.480 e. The van der Waals surface area contributed by atoms with Crippen LogP contribution in [0.25, 0.3) is 0 Å². The van der Waals surface area contributed by atoms with Crippen molar-refractivity contribution in [2.24, 2.45) is 5.73 Å². The molecule has 0 bridgehead atoms. The lowest BCUT2D eigenvalue weighted by Gasteiger charge is -2.20. The Balaban J connectivity index is 4.41. The minimum Gasteiger partial charge on any atom is -0.480 e. The molecule has 11 nitrogen and oxygen atoms in total. The average Bonchev–Trinajstić information content (AvgIpc) is 3.05. The molecule has 0 aromatic heterocycles. The molecule has 282 valence electrons. The van der Waals surface area contributed by atoms with Gasteiger partial charge in [0.25, 0.3) is 0 Å². The highest BCUT2D eigenvalue weighted by molar-refractivity contribution is 7.47. The Morgan fingerprint density at radius 1 is 0.625 bits per heavy atom. The van der Waals surface area contributed by atoms with Crippen LogP contribution in [-0.2, 0) is 37.5 Å². The molecule has 0 rings (SSSR count). The van der Waals surface area contributed by atoms with Crippen LogP contribution in [0.1, 0.15) is 168 Å². The van der Waals surface area contributed by atoms with Gasteiger partial charge in [-0.2, -0.15) is 0 Å². The van der Waals surface area contributed by atoms with E-state index < -0.39 is 51.1 Å². The molecule has 0 aromatic rings. The molecule has 1 unspecified atom stereocenters. The zero-order valence-electron chi connectivity index (χ0n) is 30.1. The second kappa shape index (κ2) is 32.4. The van der Waals surface area contributed by atoms with Crippen LogP contribution < -0.4 is 5.73 Å². The lowest BCUT2D eigenvalue weighted by atomic mass is 10.1. The van der Waals surface area contributed by atoms with Crippen molar-refractivity contribution in [3.63, 3.8) is 0 Å². The van der Waals surface area contributed by atoms with Gasteiger partial charge in [-0.05, 0) is 38.5 Å². The van der Waals surface area contributed by atoms with E-state index in [-0.39, 0.29) is 19.4 Å². The maximum Gasteiger partial charge on any atom is 0.472 e. The molecule has 0 saturated carbocycles. The maximum atomic E-state index is 12.5. The second-order valence-corrected chi connectivity index (χ2v) is 14.2. The number of esters is 2. The standard InChI is InChI=1S/C36H68NO10P/c1-3-5-7-9-11-13-14-15-16-17-18-20-21-23-25-27-34(38)44-29-32(30-45-48(42,43)46-31-33(37)36(40)41)47-35(39)28-26-24-22-19-12-10-8-6-4-2/h15-16,32-33H,3-14,17-31,37H2,1-2H3,(H,40,41)(H,42,43)/b16-15-/t32-,33+/m1/s1. The Bertz CT molecular complexity index is 885. The fourth-order valence-electron chi connectivity index (χ4n) is 5.00. The molecule has 0 aromatic carbocycles. The smallest absolute Gasteiger partial charge is 0.472 e. The SMILES string of the molecule is CCCCCCCC/C=C\CCCCCCCC(=O)OC[C@H](COP(=O)(O)OC[C@H](N)C(=O)O)OC(=O)CCCCCCCCCCC. The van der Waals surface area contributed by atoms with Crippen LogP contribution in [-0.4, -0.2) is 59.9 Å². The summed E-state index contributed by atoms with van der Waals surface area (Å²) in [6, 6.07) is -1.52. The molecule has 0 amide bonds. The van der Waals surface area contributed by atoms with Crippen molar-refractivity contribution < 1.29 is 47.5 Å². The highest BCUT2D eigenvalue weighted by Crippen LogP contribution is 2.43. The normalized spacial score (nSPS) is 14.1. The number of phosphoric acid groups is 1. The van der Waals surface area contributed by atoms with Gasteiger partial charge in [0, 0.05) is 12.8 Å². The van der Waals surface area contributed by atoms with Crippen molar-refractivity contribution in [2.75, 3.05) is 19.8 Å². The van der Waals surface area contributed by atoms with Gasteiger partial charge in [-0.25, -0.2) is 4.57 Å². The Morgan fingerprint density at radius 3 is 1.52 bits per heavy atom. The maximum absolute atomic E-state index is 12.5. The third kappa shape index (κ3) is 31.5. The first-order chi connectivity index (χ1) is 23.1. The molecule has 0 fully saturated rings. The summed E-state index contributed by atoms with van der Waals surface area (Å²) in [4.78, 5) is 45.6. The molecule has 0 aliphatic rings. The van der Waals surface area contributed by atoms with Crippen LogP contribution >= 0.6 is 7.82 Å². The Hall–Kier alpha value is -1.78. The molecule has 3 atom stereocenters. The Kier molecular flexibility index (Phi) is 31.2. The number of unbranched alkanes of at least 4 members (excludes halogenated alkanes) is 19. The van der Waals surface area contributed by atoms with Crippen molar-refractivity contribution in [3.05, 3.63) is 12.2 Å². The first-order valence-corrected chi connectivity index (χ1v) is 20.2. The van der Waals surface area contributed by atoms with Crippen molar-refractivity contribution in [1.82, 2.24) is 0 Å². The molecular formula is C36H68NO10P. The lowest BCUT2D eigenvalue weighted by molar-refractivity contribution is -0.161. The van der Waals surface area contributed by atoms with E-state index in [0.29, 0.717) is 12.8 Å². The van der Waals surface area contributed by atoms with Crippen LogP contribution in [0.4, 0.5) is 0 Å². The minimum absolute atomic E-state index is 0.163. The van der Waals surface area contributed by atoms with Crippen molar-refractivity contribution in [1.29, 1.82) is 0 Å². The van der Waals surface area contributed by atoms with Crippen LogP contribution in [0.3, 0.4) is 0 Å². The van der Waals surface area contributed by atoms with Crippen molar-refractivity contribution in [3.8, 4) is 0 Å². The number of hydrogen-bond acceptors (Lipinski definition) is 9. The zero-order chi connectivity index (χ0) is 35.7. The van der Waals surface area contributed by atoms with Crippen LogP contribution in [0, 0.1) is 0 Å². The predicted molar refractivity (Wildman–Crippen MR) is 189 cm³/mol. The van der Waals surface area contributed by atoms with E-state index in [2.05, 4.69) is 30.5 Å². The van der Waals surface area contributed by atoms with Gasteiger partial charge < -0.3 is 25.2 Å². The highest BCUT2D eigenvalue weighted by Gasteiger charge is 2.28. The van der Waals surface area contributed by atoms with Crippen molar-refractivity contribution in [2.45, 2.75) is 180 Å². The Morgan fingerprint density at radius 2 is 1.04 bits per heavy atom. The second-order valence-electron chi connectivity index (χ2n) is 12.7. The van der Waals surface area contributed by atoms with Gasteiger partial charge in [-0.3, -0.25) is 23.4 Å².